The highest BCUT2D eigenvalue weighted by molar-refractivity contribution is 7.91. The Labute approximate surface area is 142 Å². The average molecular weight is 347 g/mol. The van der Waals surface area contributed by atoms with E-state index in [9.17, 15) is 13.5 Å². The maximum absolute atomic E-state index is 11.9. The van der Waals surface area contributed by atoms with Crippen molar-refractivity contribution in [1.29, 1.82) is 0 Å². The van der Waals surface area contributed by atoms with Crippen molar-refractivity contribution in [2.75, 3.05) is 30.3 Å². The van der Waals surface area contributed by atoms with Gasteiger partial charge in [-0.1, -0.05) is 19.1 Å². The van der Waals surface area contributed by atoms with Crippen LogP contribution in [0.15, 0.2) is 53.4 Å². The molecule has 128 valence electrons. The molecule has 0 saturated carbocycles. The van der Waals surface area contributed by atoms with Crippen LogP contribution >= 0.6 is 0 Å². The Kier molecular flexibility index (Phi) is 4.78. The van der Waals surface area contributed by atoms with Crippen molar-refractivity contribution < 1.29 is 18.3 Å². The van der Waals surface area contributed by atoms with Crippen LogP contribution in [0.3, 0.4) is 0 Å². The van der Waals surface area contributed by atoms with E-state index in [1.807, 2.05) is 18.2 Å². The van der Waals surface area contributed by atoms with E-state index < -0.39 is 9.84 Å². The number of phenolic OH excluding ortho intramolecular Hbond substituents is 1. The number of anilines is 1. The number of rotatable bonds is 4. The van der Waals surface area contributed by atoms with Gasteiger partial charge >= 0.3 is 0 Å². The number of sulfone groups is 1. The first-order chi connectivity index (χ1) is 11.5. The third-order valence-corrected chi connectivity index (χ3v) is 6.00. The van der Waals surface area contributed by atoms with E-state index in [0.717, 1.165) is 17.8 Å². The maximum Gasteiger partial charge on any atom is 0.178 e. The van der Waals surface area contributed by atoms with Crippen molar-refractivity contribution in [3.8, 4) is 5.75 Å². The van der Waals surface area contributed by atoms with Crippen molar-refractivity contribution >= 4 is 15.5 Å². The lowest BCUT2D eigenvalue weighted by Crippen LogP contribution is -2.38. The topological polar surface area (TPSA) is 66.8 Å². The summed E-state index contributed by atoms with van der Waals surface area (Å²) in [5.41, 5.74) is 1.91. The summed E-state index contributed by atoms with van der Waals surface area (Å²) in [5, 5.41) is 9.63. The number of ether oxygens (including phenoxy) is 1. The molecule has 1 fully saturated rings. The first kappa shape index (κ1) is 16.8. The summed E-state index contributed by atoms with van der Waals surface area (Å²) in [6.07, 6.45) is -0.120. The smallest absolute Gasteiger partial charge is 0.178 e. The Balaban J connectivity index is 1.77. The maximum atomic E-state index is 11.9. The minimum atomic E-state index is -3.18. The summed E-state index contributed by atoms with van der Waals surface area (Å²) in [7, 11) is -3.18. The third kappa shape index (κ3) is 3.55. The van der Waals surface area contributed by atoms with Gasteiger partial charge in [-0.2, -0.15) is 0 Å². The van der Waals surface area contributed by atoms with Gasteiger partial charge in [-0.3, -0.25) is 0 Å². The summed E-state index contributed by atoms with van der Waals surface area (Å²) < 4.78 is 29.6. The predicted molar refractivity (Wildman–Crippen MR) is 93.2 cm³/mol. The number of morpholine rings is 1. The van der Waals surface area contributed by atoms with E-state index >= 15 is 0 Å². The molecule has 6 heteroatoms. The van der Waals surface area contributed by atoms with E-state index in [2.05, 4.69) is 4.90 Å². The Hall–Kier alpha value is -2.05. The molecule has 0 bridgehead atoms. The summed E-state index contributed by atoms with van der Waals surface area (Å²) in [6.45, 7) is 3.62. The van der Waals surface area contributed by atoms with Crippen LogP contribution < -0.4 is 4.90 Å². The fraction of sp³-hybridized carbons (Fsp3) is 0.333. The molecule has 3 rings (SSSR count). The summed E-state index contributed by atoms with van der Waals surface area (Å²) in [5.74, 6) is 0.325. The van der Waals surface area contributed by atoms with Gasteiger partial charge in [0.15, 0.2) is 9.84 Å². The second-order valence-corrected chi connectivity index (χ2v) is 8.08. The summed E-state index contributed by atoms with van der Waals surface area (Å²) in [6, 6.07) is 14.1. The molecule has 1 aliphatic rings. The van der Waals surface area contributed by atoms with Crippen LogP contribution in [0.5, 0.6) is 5.75 Å². The molecular formula is C18H21NO4S. The highest BCUT2D eigenvalue weighted by Gasteiger charge is 2.23. The summed E-state index contributed by atoms with van der Waals surface area (Å²) >= 11 is 0. The molecule has 0 radical (unpaired) electrons. The lowest BCUT2D eigenvalue weighted by Gasteiger charge is -2.34. The van der Waals surface area contributed by atoms with Gasteiger partial charge in [0.25, 0.3) is 0 Å². The molecule has 1 heterocycles. The molecule has 0 aliphatic carbocycles. The number of hydrogen-bond donors (Lipinski definition) is 1. The Morgan fingerprint density at radius 2 is 1.96 bits per heavy atom. The lowest BCUT2D eigenvalue weighted by atomic mass is 10.1. The standard InChI is InChI=1S/C18H21NO4S/c1-2-24(21,22)17-8-6-15(7-9-17)19-10-11-23-18(13-19)14-4-3-5-16(20)12-14/h3-9,12,18,20H,2,10-11,13H2,1H3. The van der Waals surface area contributed by atoms with Gasteiger partial charge in [0.2, 0.25) is 0 Å². The minimum absolute atomic E-state index is 0.101. The van der Waals surface area contributed by atoms with Gasteiger partial charge in [-0.05, 0) is 42.0 Å². The Morgan fingerprint density at radius 1 is 1.21 bits per heavy atom. The van der Waals surface area contributed by atoms with Crippen LogP contribution in [-0.4, -0.2) is 39.0 Å². The van der Waals surface area contributed by atoms with Gasteiger partial charge in [0.1, 0.15) is 11.9 Å². The highest BCUT2D eigenvalue weighted by atomic mass is 32.2. The molecule has 1 atom stereocenters. The zero-order valence-electron chi connectivity index (χ0n) is 13.6. The van der Waals surface area contributed by atoms with Gasteiger partial charge in [0, 0.05) is 18.8 Å². The highest BCUT2D eigenvalue weighted by Crippen LogP contribution is 2.28. The van der Waals surface area contributed by atoms with Crippen LogP contribution in [0, 0.1) is 0 Å². The van der Waals surface area contributed by atoms with Crippen LogP contribution in [0.4, 0.5) is 5.69 Å². The number of aromatic hydroxyl groups is 1. The number of phenols is 1. The lowest BCUT2D eigenvalue weighted by molar-refractivity contribution is 0.0397. The number of benzene rings is 2. The molecule has 1 N–H and O–H groups in total. The number of nitrogens with zero attached hydrogens (tertiary/aromatic N) is 1. The normalized spacial score (nSPS) is 18.5. The van der Waals surface area contributed by atoms with Crippen molar-refractivity contribution in [1.82, 2.24) is 0 Å². The molecule has 2 aromatic carbocycles. The average Bonchev–Trinajstić information content (AvgIpc) is 2.62. The SMILES string of the molecule is CCS(=O)(=O)c1ccc(N2CCOC(c3cccc(O)c3)C2)cc1. The molecular weight excluding hydrogens is 326 g/mol. The van der Waals surface area contributed by atoms with Crippen LogP contribution in [0.2, 0.25) is 0 Å². The Bertz CT molecular complexity index is 802. The van der Waals surface area contributed by atoms with E-state index in [4.69, 9.17) is 4.74 Å². The number of hydrogen-bond acceptors (Lipinski definition) is 5. The minimum Gasteiger partial charge on any atom is -0.508 e. The fourth-order valence-corrected chi connectivity index (χ4v) is 3.73. The molecule has 24 heavy (non-hydrogen) atoms. The van der Waals surface area contributed by atoms with Crippen molar-refractivity contribution in [3.05, 3.63) is 54.1 Å². The van der Waals surface area contributed by atoms with Crippen molar-refractivity contribution in [3.63, 3.8) is 0 Å². The third-order valence-electron chi connectivity index (χ3n) is 4.25. The summed E-state index contributed by atoms with van der Waals surface area (Å²) in [4.78, 5) is 2.52. The first-order valence-corrected chi connectivity index (χ1v) is 9.63. The van der Waals surface area contributed by atoms with Gasteiger partial charge in [0.05, 0.1) is 17.3 Å². The van der Waals surface area contributed by atoms with E-state index in [0.29, 0.717) is 18.0 Å². The zero-order valence-corrected chi connectivity index (χ0v) is 14.4. The Morgan fingerprint density at radius 3 is 2.62 bits per heavy atom. The van der Waals surface area contributed by atoms with E-state index in [1.54, 1.807) is 37.3 Å². The largest absolute Gasteiger partial charge is 0.508 e. The molecule has 1 saturated heterocycles. The van der Waals surface area contributed by atoms with Gasteiger partial charge in [-0.25, -0.2) is 8.42 Å². The first-order valence-electron chi connectivity index (χ1n) is 7.98. The zero-order chi connectivity index (χ0) is 17.2. The van der Waals surface area contributed by atoms with Crippen LogP contribution in [-0.2, 0) is 14.6 Å². The van der Waals surface area contributed by atoms with Crippen LogP contribution in [0.25, 0.3) is 0 Å². The monoisotopic (exact) mass is 347 g/mol. The predicted octanol–water partition coefficient (Wildman–Crippen LogP) is 2.76. The van der Waals surface area contributed by atoms with Crippen molar-refractivity contribution in [2.24, 2.45) is 0 Å². The second kappa shape index (κ2) is 6.83. The van der Waals surface area contributed by atoms with Gasteiger partial charge in [-0.15, -0.1) is 0 Å². The molecule has 5 nitrogen and oxygen atoms in total. The van der Waals surface area contributed by atoms with E-state index in [1.165, 1.54) is 0 Å². The fourth-order valence-electron chi connectivity index (χ4n) is 2.84. The molecule has 2 aromatic rings. The molecule has 1 unspecified atom stereocenters. The molecule has 0 amide bonds. The second-order valence-electron chi connectivity index (χ2n) is 5.80. The quantitative estimate of drug-likeness (QED) is 0.921. The van der Waals surface area contributed by atoms with Crippen molar-refractivity contribution in [2.45, 2.75) is 17.9 Å². The molecule has 1 aliphatic heterocycles. The molecule has 0 spiro atoms. The van der Waals surface area contributed by atoms with Gasteiger partial charge < -0.3 is 14.7 Å². The molecule has 0 aromatic heterocycles. The van der Waals surface area contributed by atoms with E-state index in [-0.39, 0.29) is 17.6 Å². The van der Waals surface area contributed by atoms with Crippen LogP contribution in [0.1, 0.15) is 18.6 Å².